The maximum atomic E-state index is 11.9. The monoisotopic (exact) mass is 343 g/mol. The number of carbonyl (C=O) groups is 1. The average molecular weight is 344 g/mol. The van der Waals surface area contributed by atoms with E-state index in [0.717, 1.165) is 25.7 Å². The Labute approximate surface area is 109 Å². The second-order valence-corrected chi connectivity index (χ2v) is 6.56. The zero-order valence-corrected chi connectivity index (χ0v) is 11.5. The van der Waals surface area contributed by atoms with Gasteiger partial charge in [0.05, 0.1) is 6.61 Å². The van der Waals surface area contributed by atoms with Crippen molar-refractivity contribution >= 4 is 40.1 Å². The van der Waals surface area contributed by atoms with Gasteiger partial charge in [0.25, 0.3) is 5.91 Å². The summed E-state index contributed by atoms with van der Waals surface area (Å²) in [6, 6.07) is 0. The van der Waals surface area contributed by atoms with Crippen molar-refractivity contribution in [3.8, 4) is 0 Å². The van der Waals surface area contributed by atoms with Crippen molar-refractivity contribution in [1.82, 2.24) is 4.90 Å². The number of amides is 1. The summed E-state index contributed by atoms with van der Waals surface area (Å²) >= 11 is 7.81. The lowest BCUT2D eigenvalue weighted by atomic mass is 9.90. The van der Waals surface area contributed by atoms with Gasteiger partial charge in [-0.3, -0.25) is 4.79 Å². The van der Waals surface area contributed by atoms with E-state index in [9.17, 15) is 4.79 Å². The molecule has 0 N–H and O–H groups in total. The molecule has 1 saturated carbocycles. The molecule has 1 aliphatic heterocycles. The van der Waals surface area contributed by atoms with Gasteiger partial charge < -0.3 is 9.64 Å². The largest absolute Gasteiger partial charge is 0.354 e. The first kappa shape index (κ1) is 11.9. The van der Waals surface area contributed by atoms with Crippen LogP contribution in [0.25, 0.3) is 0 Å². The molecule has 0 aromatic carbocycles. The first-order valence-electron chi connectivity index (χ1n) is 5.39. The Kier molecular flexibility index (Phi) is 3.78. The summed E-state index contributed by atoms with van der Waals surface area (Å²) in [7, 11) is 0. The number of carbonyl (C=O) groups excluding carboxylic acids is 1. The number of hydrogen-bond acceptors (Lipinski definition) is 2. The normalized spacial score (nSPS) is 26.9. The van der Waals surface area contributed by atoms with E-state index < -0.39 is 3.38 Å². The first-order chi connectivity index (χ1) is 7.16. The third-order valence-electron chi connectivity index (χ3n) is 3.27. The van der Waals surface area contributed by atoms with Gasteiger partial charge in [0, 0.05) is 6.54 Å². The molecule has 2 aliphatic rings. The van der Waals surface area contributed by atoms with Gasteiger partial charge in [0.15, 0.2) is 3.38 Å². The van der Waals surface area contributed by atoms with E-state index in [4.69, 9.17) is 16.3 Å². The van der Waals surface area contributed by atoms with Crippen molar-refractivity contribution in [2.45, 2.75) is 41.2 Å². The standard InChI is InChI=1S/C10H15ClINO2/c11-8(12)9(14)13-6-7-15-10(13)4-2-1-3-5-10/h8H,1-7H2. The van der Waals surface area contributed by atoms with Crippen LogP contribution in [-0.2, 0) is 9.53 Å². The van der Waals surface area contributed by atoms with Crippen LogP contribution in [0.3, 0.4) is 0 Å². The highest BCUT2D eigenvalue weighted by atomic mass is 127. The molecular formula is C10H15ClINO2. The molecule has 0 bridgehead atoms. The zero-order chi connectivity index (χ0) is 10.9. The van der Waals surface area contributed by atoms with Crippen molar-refractivity contribution in [2.75, 3.05) is 13.2 Å². The van der Waals surface area contributed by atoms with Gasteiger partial charge in [0.1, 0.15) is 5.72 Å². The molecule has 2 fully saturated rings. The maximum Gasteiger partial charge on any atom is 0.252 e. The van der Waals surface area contributed by atoms with Crippen LogP contribution in [0, 0.1) is 0 Å². The van der Waals surface area contributed by atoms with Gasteiger partial charge in [-0.2, -0.15) is 0 Å². The van der Waals surface area contributed by atoms with Gasteiger partial charge in [-0.1, -0.05) is 29.0 Å². The van der Waals surface area contributed by atoms with E-state index in [1.54, 1.807) is 0 Å². The Balaban J connectivity index is 2.13. The minimum absolute atomic E-state index is 0.0108. The van der Waals surface area contributed by atoms with Crippen LogP contribution >= 0.6 is 34.2 Å². The molecule has 1 unspecified atom stereocenters. The van der Waals surface area contributed by atoms with Crippen LogP contribution in [0.4, 0.5) is 0 Å². The molecular weight excluding hydrogens is 328 g/mol. The fourth-order valence-corrected chi connectivity index (χ4v) is 3.01. The number of nitrogens with zero attached hydrogens (tertiary/aromatic N) is 1. The second-order valence-electron chi connectivity index (χ2n) is 4.15. The van der Waals surface area contributed by atoms with Crippen molar-refractivity contribution < 1.29 is 9.53 Å². The maximum absolute atomic E-state index is 11.9. The van der Waals surface area contributed by atoms with E-state index in [-0.39, 0.29) is 11.6 Å². The van der Waals surface area contributed by atoms with Crippen LogP contribution in [0.15, 0.2) is 0 Å². The predicted octanol–water partition coefficient (Wildman–Crippen LogP) is 2.51. The average Bonchev–Trinajstić information content (AvgIpc) is 2.61. The summed E-state index contributed by atoms with van der Waals surface area (Å²) in [4.78, 5) is 13.8. The summed E-state index contributed by atoms with van der Waals surface area (Å²) in [6.45, 7) is 1.36. The quantitative estimate of drug-likeness (QED) is 0.541. The van der Waals surface area contributed by atoms with Crippen LogP contribution in [0.5, 0.6) is 0 Å². The third-order valence-corrected chi connectivity index (χ3v) is 3.98. The molecule has 86 valence electrons. The molecule has 1 aliphatic carbocycles. The Morgan fingerprint density at radius 2 is 2.07 bits per heavy atom. The Bertz CT molecular complexity index is 254. The van der Waals surface area contributed by atoms with Crippen molar-refractivity contribution in [2.24, 2.45) is 0 Å². The SMILES string of the molecule is O=C(C(Cl)I)N1CCOC12CCCCC2. The summed E-state index contributed by atoms with van der Waals surface area (Å²) in [5.74, 6) is 0.0108. The lowest BCUT2D eigenvalue weighted by Gasteiger charge is -2.40. The van der Waals surface area contributed by atoms with Gasteiger partial charge in [-0.25, -0.2) is 0 Å². The Hall–Kier alpha value is 0.450. The van der Waals surface area contributed by atoms with Crippen LogP contribution < -0.4 is 0 Å². The summed E-state index contributed by atoms with van der Waals surface area (Å²) in [5, 5.41) is 0. The molecule has 1 amide bonds. The third kappa shape index (κ3) is 2.26. The summed E-state index contributed by atoms with van der Waals surface area (Å²) < 4.78 is 5.34. The highest BCUT2D eigenvalue weighted by Crippen LogP contribution is 2.38. The van der Waals surface area contributed by atoms with E-state index in [1.807, 2.05) is 27.5 Å². The number of ether oxygens (including phenoxy) is 1. The molecule has 0 radical (unpaired) electrons. The van der Waals surface area contributed by atoms with E-state index >= 15 is 0 Å². The second kappa shape index (κ2) is 4.75. The summed E-state index contributed by atoms with van der Waals surface area (Å²) in [5.41, 5.74) is -0.312. The Morgan fingerprint density at radius 1 is 1.40 bits per heavy atom. The van der Waals surface area contributed by atoms with Crippen molar-refractivity contribution in [3.63, 3.8) is 0 Å². The topological polar surface area (TPSA) is 29.5 Å². The van der Waals surface area contributed by atoms with Gasteiger partial charge in [0.2, 0.25) is 0 Å². The van der Waals surface area contributed by atoms with Crippen molar-refractivity contribution in [1.29, 1.82) is 0 Å². The fraction of sp³-hybridized carbons (Fsp3) is 0.900. The van der Waals surface area contributed by atoms with E-state index in [1.165, 1.54) is 6.42 Å². The Morgan fingerprint density at radius 3 is 2.67 bits per heavy atom. The highest BCUT2D eigenvalue weighted by Gasteiger charge is 2.46. The minimum Gasteiger partial charge on any atom is -0.354 e. The molecule has 1 heterocycles. The molecule has 1 spiro atoms. The number of rotatable bonds is 1. The lowest BCUT2D eigenvalue weighted by molar-refractivity contribution is -0.152. The van der Waals surface area contributed by atoms with E-state index in [2.05, 4.69) is 0 Å². The molecule has 15 heavy (non-hydrogen) atoms. The lowest BCUT2D eigenvalue weighted by Crippen LogP contribution is -2.51. The molecule has 1 atom stereocenters. The molecule has 0 aromatic heterocycles. The molecule has 1 saturated heterocycles. The predicted molar refractivity (Wildman–Crippen MR) is 67.1 cm³/mol. The number of halogens is 2. The van der Waals surface area contributed by atoms with E-state index in [0.29, 0.717) is 13.2 Å². The molecule has 5 heteroatoms. The number of hydrogen-bond donors (Lipinski definition) is 0. The van der Waals surface area contributed by atoms with Crippen LogP contribution in [-0.4, -0.2) is 33.1 Å². The van der Waals surface area contributed by atoms with Crippen LogP contribution in [0.1, 0.15) is 32.1 Å². The fourth-order valence-electron chi connectivity index (χ4n) is 2.56. The minimum atomic E-state index is -0.469. The molecule has 3 nitrogen and oxygen atoms in total. The zero-order valence-electron chi connectivity index (χ0n) is 8.55. The van der Waals surface area contributed by atoms with Gasteiger partial charge >= 0.3 is 0 Å². The molecule has 0 aromatic rings. The van der Waals surface area contributed by atoms with Crippen LogP contribution in [0.2, 0.25) is 0 Å². The van der Waals surface area contributed by atoms with Gasteiger partial charge in [-0.15, -0.1) is 11.6 Å². The van der Waals surface area contributed by atoms with Gasteiger partial charge in [-0.05, 0) is 25.7 Å². The summed E-state index contributed by atoms with van der Waals surface area (Å²) in [6.07, 6.45) is 5.50. The highest BCUT2D eigenvalue weighted by molar-refractivity contribution is 14.1. The first-order valence-corrected chi connectivity index (χ1v) is 7.07. The smallest absolute Gasteiger partial charge is 0.252 e. The van der Waals surface area contributed by atoms with Crippen molar-refractivity contribution in [3.05, 3.63) is 0 Å². The number of alkyl halides is 2. The molecule has 2 rings (SSSR count).